The maximum absolute atomic E-state index is 10.6. The quantitative estimate of drug-likeness (QED) is 0.523. The molecule has 2 unspecified atom stereocenters. The van der Waals surface area contributed by atoms with E-state index in [0.29, 0.717) is 12.5 Å². The third kappa shape index (κ3) is 9.85. The second-order valence-corrected chi connectivity index (χ2v) is 8.63. The molecule has 0 amide bonds. The van der Waals surface area contributed by atoms with Crippen molar-refractivity contribution in [2.45, 2.75) is 44.6 Å². The van der Waals surface area contributed by atoms with E-state index in [9.17, 15) is 26.3 Å². The molecule has 216 valence electrons. The average molecular weight is 568 g/mol. The number of rotatable bonds is 4. The fourth-order valence-corrected chi connectivity index (χ4v) is 3.91. The molecule has 2 aliphatic heterocycles. The molecule has 2 aliphatic rings. The standard InChI is InChI=1S/C19H24N4O2.2C2HF3O2/c1-15-6-7-17(22-21-15)23-11-8-16-19(13-23,9-4-12-24-16)14-25-18-5-2-3-10-20-18;2*3-2(4,5)1(6)7/h2-3,5-7,10,16H,4,8-9,11-14H2,1H3;2*(H,6,7). The molecule has 39 heavy (non-hydrogen) atoms. The first-order valence-corrected chi connectivity index (χ1v) is 11.4. The highest BCUT2D eigenvalue weighted by atomic mass is 19.4. The lowest BCUT2D eigenvalue weighted by Crippen LogP contribution is -2.57. The molecule has 0 bridgehead atoms. The number of fused-ring (bicyclic) bond motifs is 1. The highest BCUT2D eigenvalue weighted by Gasteiger charge is 2.47. The summed E-state index contributed by atoms with van der Waals surface area (Å²) in [5, 5.41) is 22.8. The average Bonchev–Trinajstić information content (AvgIpc) is 2.88. The third-order valence-corrected chi connectivity index (χ3v) is 5.73. The van der Waals surface area contributed by atoms with Crippen LogP contribution in [0.25, 0.3) is 0 Å². The van der Waals surface area contributed by atoms with E-state index in [0.717, 1.165) is 50.5 Å². The van der Waals surface area contributed by atoms with Gasteiger partial charge in [-0.15, -0.1) is 5.10 Å². The summed E-state index contributed by atoms with van der Waals surface area (Å²) in [7, 11) is 0. The summed E-state index contributed by atoms with van der Waals surface area (Å²) in [5.41, 5.74) is 0.911. The number of hydrogen-bond donors (Lipinski definition) is 2. The number of carbonyl (C=O) groups is 2. The summed E-state index contributed by atoms with van der Waals surface area (Å²) in [6, 6.07) is 9.82. The summed E-state index contributed by atoms with van der Waals surface area (Å²) in [5.74, 6) is -3.90. The van der Waals surface area contributed by atoms with Gasteiger partial charge in [-0.25, -0.2) is 14.6 Å². The van der Waals surface area contributed by atoms with Gasteiger partial charge in [0.15, 0.2) is 5.82 Å². The highest BCUT2D eigenvalue weighted by molar-refractivity contribution is 5.73. The van der Waals surface area contributed by atoms with Gasteiger partial charge in [-0.05, 0) is 44.4 Å². The molecule has 2 aromatic rings. The van der Waals surface area contributed by atoms with Gasteiger partial charge in [0.2, 0.25) is 5.88 Å². The molecule has 4 heterocycles. The summed E-state index contributed by atoms with van der Waals surface area (Å²) < 4.78 is 75.6. The second-order valence-electron chi connectivity index (χ2n) is 8.63. The second kappa shape index (κ2) is 13.4. The van der Waals surface area contributed by atoms with Gasteiger partial charge < -0.3 is 24.6 Å². The number of piperidine rings is 1. The first kappa shape index (κ1) is 31.5. The molecule has 2 N–H and O–H groups in total. The predicted octanol–water partition coefficient (Wildman–Crippen LogP) is 3.90. The van der Waals surface area contributed by atoms with Crippen LogP contribution in [0.2, 0.25) is 0 Å². The fourth-order valence-electron chi connectivity index (χ4n) is 3.91. The molecule has 2 aromatic heterocycles. The number of aryl methyl sites for hydroxylation is 1. The van der Waals surface area contributed by atoms with E-state index in [1.165, 1.54) is 0 Å². The number of aliphatic carboxylic acids is 2. The maximum atomic E-state index is 10.6. The lowest BCUT2D eigenvalue weighted by Gasteiger charge is -2.50. The summed E-state index contributed by atoms with van der Waals surface area (Å²) in [4.78, 5) is 24.4. The Morgan fingerprint density at radius 3 is 2.23 bits per heavy atom. The Hall–Kier alpha value is -3.69. The van der Waals surface area contributed by atoms with Crippen molar-refractivity contribution in [3.63, 3.8) is 0 Å². The van der Waals surface area contributed by atoms with Gasteiger partial charge in [-0.2, -0.15) is 31.4 Å². The Kier molecular flexibility index (Phi) is 10.8. The molecule has 4 rings (SSSR count). The molecule has 2 atom stereocenters. The van der Waals surface area contributed by atoms with Crippen LogP contribution >= 0.6 is 0 Å². The molecule has 0 aliphatic carbocycles. The van der Waals surface area contributed by atoms with E-state index in [-0.39, 0.29) is 11.5 Å². The lowest BCUT2D eigenvalue weighted by atomic mass is 9.73. The van der Waals surface area contributed by atoms with Crippen LogP contribution in [0.3, 0.4) is 0 Å². The third-order valence-electron chi connectivity index (χ3n) is 5.73. The number of hydrogen-bond acceptors (Lipinski definition) is 8. The van der Waals surface area contributed by atoms with Crippen LogP contribution in [0.4, 0.5) is 32.2 Å². The molecule has 0 aromatic carbocycles. The number of alkyl halides is 6. The molecule has 0 saturated carbocycles. The minimum absolute atomic E-state index is 0.0272. The van der Waals surface area contributed by atoms with Gasteiger partial charge in [-0.3, -0.25) is 0 Å². The zero-order valence-electron chi connectivity index (χ0n) is 20.6. The first-order chi connectivity index (χ1) is 18.1. The zero-order chi connectivity index (χ0) is 29.3. The molecule has 2 saturated heterocycles. The van der Waals surface area contributed by atoms with Crippen molar-refractivity contribution in [1.82, 2.24) is 15.2 Å². The van der Waals surface area contributed by atoms with Crippen molar-refractivity contribution >= 4 is 17.8 Å². The van der Waals surface area contributed by atoms with E-state index in [4.69, 9.17) is 29.3 Å². The van der Waals surface area contributed by atoms with Gasteiger partial charge in [0.05, 0.1) is 18.4 Å². The van der Waals surface area contributed by atoms with E-state index in [2.05, 4.69) is 26.1 Å². The summed E-state index contributed by atoms with van der Waals surface area (Å²) in [6.45, 7) is 5.24. The van der Waals surface area contributed by atoms with Crippen LogP contribution in [0.5, 0.6) is 5.88 Å². The SMILES string of the molecule is Cc1ccc(N2CCC3OCCCC3(COc3ccccn3)C2)nn1.O=C(O)C(F)(F)F.O=C(O)C(F)(F)F. The van der Waals surface area contributed by atoms with Crippen LogP contribution in [0.1, 0.15) is 25.0 Å². The lowest BCUT2D eigenvalue weighted by molar-refractivity contribution is -0.193. The van der Waals surface area contributed by atoms with E-state index < -0.39 is 24.3 Å². The van der Waals surface area contributed by atoms with Gasteiger partial charge in [0.1, 0.15) is 0 Å². The van der Waals surface area contributed by atoms with Crippen LogP contribution in [-0.2, 0) is 14.3 Å². The van der Waals surface area contributed by atoms with Gasteiger partial charge in [-0.1, -0.05) is 6.07 Å². The Bertz CT molecular complexity index is 1050. The molecular formula is C23H26F6N4O6. The number of pyridine rings is 1. The van der Waals surface area contributed by atoms with Crippen LogP contribution in [0, 0.1) is 12.3 Å². The number of halogens is 6. The van der Waals surface area contributed by atoms with Gasteiger partial charge in [0, 0.05) is 37.4 Å². The monoisotopic (exact) mass is 568 g/mol. The Morgan fingerprint density at radius 1 is 1.08 bits per heavy atom. The molecule has 16 heteroatoms. The topological polar surface area (TPSA) is 135 Å². The molecule has 0 spiro atoms. The maximum Gasteiger partial charge on any atom is 0.490 e. The highest BCUT2D eigenvalue weighted by Crippen LogP contribution is 2.41. The summed E-state index contributed by atoms with van der Waals surface area (Å²) in [6.07, 6.45) is -5.02. The van der Waals surface area contributed by atoms with Gasteiger partial charge in [0.25, 0.3) is 0 Å². The molecule has 2 fully saturated rings. The fraction of sp³-hybridized carbons (Fsp3) is 0.522. The smallest absolute Gasteiger partial charge is 0.477 e. The zero-order valence-corrected chi connectivity index (χ0v) is 20.6. The van der Waals surface area contributed by atoms with Gasteiger partial charge >= 0.3 is 24.3 Å². The Balaban J connectivity index is 0.000000317. The first-order valence-electron chi connectivity index (χ1n) is 11.4. The Morgan fingerprint density at radius 2 is 1.72 bits per heavy atom. The number of carboxylic acids is 2. The number of ether oxygens (including phenoxy) is 2. The predicted molar refractivity (Wildman–Crippen MR) is 122 cm³/mol. The van der Waals surface area contributed by atoms with Crippen LogP contribution in [0.15, 0.2) is 36.5 Å². The van der Waals surface area contributed by atoms with E-state index in [1.807, 2.05) is 31.2 Å². The molecular weight excluding hydrogens is 542 g/mol. The van der Waals surface area contributed by atoms with Crippen LogP contribution < -0.4 is 9.64 Å². The number of aromatic nitrogens is 3. The number of nitrogens with zero attached hydrogens (tertiary/aromatic N) is 4. The molecule has 0 radical (unpaired) electrons. The van der Waals surface area contributed by atoms with Crippen molar-refractivity contribution in [2.75, 3.05) is 31.2 Å². The van der Waals surface area contributed by atoms with Crippen molar-refractivity contribution in [3.8, 4) is 5.88 Å². The Labute approximate surface area is 218 Å². The van der Waals surface area contributed by atoms with E-state index in [1.54, 1.807) is 6.20 Å². The molecule has 10 nitrogen and oxygen atoms in total. The minimum Gasteiger partial charge on any atom is -0.477 e. The van der Waals surface area contributed by atoms with Crippen molar-refractivity contribution < 1.29 is 55.6 Å². The van der Waals surface area contributed by atoms with E-state index >= 15 is 0 Å². The van der Waals surface area contributed by atoms with Crippen LogP contribution in [-0.4, -0.2) is 82.1 Å². The minimum atomic E-state index is -5.08. The van der Waals surface area contributed by atoms with Crippen molar-refractivity contribution in [2.24, 2.45) is 5.41 Å². The summed E-state index contributed by atoms with van der Waals surface area (Å²) >= 11 is 0. The van der Waals surface area contributed by atoms with Crippen molar-refractivity contribution in [1.29, 1.82) is 0 Å². The largest absolute Gasteiger partial charge is 0.490 e. The number of carboxylic acid groups (broad SMARTS) is 2. The van der Waals surface area contributed by atoms with Crippen molar-refractivity contribution in [3.05, 3.63) is 42.2 Å². The normalized spacial score (nSPS) is 20.8. The number of anilines is 1.